The molecule has 1 fully saturated rings. The van der Waals surface area contributed by atoms with Crippen LogP contribution in [0, 0.1) is 0 Å². The van der Waals surface area contributed by atoms with Crippen molar-refractivity contribution >= 4 is 0 Å². The number of aliphatic hydroxyl groups is 7. The van der Waals surface area contributed by atoms with Gasteiger partial charge in [-0.15, -0.1) is 0 Å². The lowest BCUT2D eigenvalue weighted by Crippen LogP contribution is -2.77. The molecule has 1 saturated heterocycles. The average molecular weight is 497 g/mol. The van der Waals surface area contributed by atoms with Crippen LogP contribution in [-0.4, -0.2) is 110 Å². The molecule has 1 rings (SSSR count). The third-order valence-electron chi connectivity index (χ3n) is 6.60. The molecule has 204 valence electrons. The molecule has 0 aromatic heterocycles. The molecule has 8 atom stereocenters. The molecule has 0 aromatic rings. The van der Waals surface area contributed by atoms with Gasteiger partial charge < -0.3 is 50.0 Å². The first-order valence-electron chi connectivity index (χ1n) is 12.7. The Morgan fingerprint density at radius 3 is 2.12 bits per heavy atom. The maximum Gasteiger partial charge on any atom is 0.227 e. The van der Waals surface area contributed by atoms with Crippen molar-refractivity contribution in [3.8, 4) is 0 Å². The highest BCUT2D eigenvalue weighted by molar-refractivity contribution is 5.10. The van der Waals surface area contributed by atoms with Crippen molar-refractivity contribution < 1.29 is 50.0 Å². The molecule has 0 bridgehead atoms. The quantitative estimate of drug-likeness (QED) is 0.130. The third kappa shape index (κ3) is 8.06. The smallest absolute Gasteiger partial charge is 0.227 e. The zero-order chi connectivity index (χ0) is 25.8. The fourth-order valence-electron chi connectivity index (χ4n) is 4.41. The predicted molar refractivity (Wildman–Crippen MR) is 125 cm³/mol. The molecule has 0 aliphatic carbocycles. The standard InChI is InChI=1S/C24H48O10/c1-4-6-8-9-10-11-13-33-23(17(3)26,14-18(27)16-32-12-7-5-2)24(31)22(30)21(29)20(28)19(15-25)34-24/h17-22,25-31H,4-16H2,1-3H3/t17?,18?,19-,20-,21+,22-,23?,24+/m1/s1. The fraction of sp³-hybridized carbons (Fsp3) is 1.00. The van der Waals surface area contributed by atoms with Crippen LogP contribution in [0.4, 0.5) is 0 Å². The normalized spacial score (nSPS) is 31.2. The molecular formula is C24H48O10. The minimum Gasteiger partial charge on any atom is -0.394 e. The van der Waals surface area contributed by atoms with E-state index in [0.717, 1.165) is 44.9 Å². The zero-order valence-corrected chi connectivity index (χ0v) is 21.0. The lowest BCUT2D eigenvalue weighted by atomic mass is 9.75. The summed E-state index contributed by atoms with van der Waals surface area (Å²) in [5.74, 6) is -2.74. The van der Waals surface area contributed by atoms with Crippen LogP contribution in [0.2, 0.25) is 0 Å². The highest BCUT2D eigenvalue weighted by Gasteiger charge is 2.66. The van der Waals surface area contributed by atoms with Crippen LogP contribution in [0.3, 0.4) is 0 Å². The maximum atomic E-state index is 11.6. The van der Waals surface area contributed by atoms with E-state index in [-0.39, 0.29) is 19.6 Å². The number of hydrogen-bond acceptors (Lipinski definition) is 10. The molecule has 10 nitrogen and oxygen atoms in total. The Kier molecular flexibility index (Phi) is 14.6. The number of unbranched alkanes of at least 4 members (excludes halogenated alkanes) is 6. The molecule has 3 unspecified atom stereocenters. The van der Waals surface area contributed by atoms with Gasteiger partial charge in [-0.3, -0.25) is 0 Å². The van der Waals surface area contributed by atoms with Gasteiger partial charge in [-0.1, -0.05) is 52.4 Å². The van der Waals surface area contributed by atoms with Gasteiger partial charge in [0.15, 0.2) is 5.60 Å². The van der Waals surface area contributed by atoms with Gasteiger partial charge in [0, 0.05) is 19.6 Å². The summed E-state index contributed by atoms with van der Waals surface area (Å²) >= 11 is 0. The first-order valence-corrected chi connectivity index (χ1v) is 12.7. The monoisotopic (exact) mass is 496 g/mol. The van der Waals surface area contributed by atoms with Gasteiger partial charge in [-0.2, -0.15) is 0 Å². The second-order valence-corrected chi connectivity index (χ2v) is 9.43. The number of hydrogen-bond donors (Lipinski definition) is 7. The van der Waals surface area contributed by atoms with Crippen molar-refractivity contribution in [2.45, 2.75) is 127 Å². The predicted octanol–water partition coefficient (Wildman–Crippen LogP) is 0.213. The molecule has 10 heteroatoms. The summed E-state index contributed by atoms with van der Waals surface area (Å²) in [6.45, 7) is 5.10. The lowest BCUT2D eigenvalue weighted by Gasteiger charge is -2.55. The van der Waals surface area contributed by atoms with Crippen molar-refractivity contribution in [3.05, 3.63) is 0 Å². The molecule has 0 spiro atoms. The van der Waals surface area contributed by atoms with Crippen molar-refractivity contribution in [1.29, 1.82) is 0 Å². The van der Waals surface area contributed by atoms with Gasteiger partial charge in [0.25, 0.3) is 0 Å². The Balaban J connectivity index is 3.13. The van der Waals surface area contributed by atoms with E-state index >= 15 is 0 Å². The molecule has 1 aliphatic heterocycles. The van der Waals surface area contributed by atoms with E-state index < -0.39 is 54.6 Å². The van der Waals surface area contributed by atoms with E-state index in [1.807, 2.05) is 6.92 Å². The summed E-state index contributed by atoms with van der Waals surface area (Å²) in [5.41, 5.74) is -2.09. The SMILES string of the molecule is CCCCCCCCOC(CC(O)COCCCC)(C(C)O)[C@@]1(O)O[C@H](CO)[C@@H](O)[C@H](O)[C@H]1O. The largest absolute Gasteiger partial charge is 0.394 e. The minimum atomic E-state index is -2.74. The first-order chi connectivity index (χ1) is 16.1. The molecular weight excluding hydrogens is 448 g/mol. The van der Waals surface area contributed by atoms with Crippen LogP contribution < -0.4 is 0 Å². The summed E-state index contributed by atoms with van der Waals surface area (Å²) in [6, 6.07) is 0. The Bertz CT molecular complexity index is 534. The van der Waals surface area contributed by atoms with Crippen LogP contribution in [0.25, 0.3) is 0 Å². The van der Waals surface area contributed by atoms with E-state index in [2.05, 4.69) is 6.92 Å². The molecule has 0 amide bonds. The Labute approximate surface area is 203 Å². The van der Waals surface area contributed by atoms with Crippen LogP contribution in [0.15, 0.2) is 0 Å². The molecule has 34 heavy (non-hydrogen) atoms. The lowest BCUT2D eigenvalue weighted by molar-refractivity contribution is -0.420. The third-order valence-corrected chi connectivity index (χ3v) is 6.60. The molecule has 0 radical (unpaired) electrons. The van der Waals surface area contributed by atoms with E-state index in [1.165, 1.54) is 6.92 Å². The van der Waals surface area contributed by atoms with Crippen molar-refractivity contribution in [1.82, 2.24) is 0 Å². The summed E-state index contributed by atoms with van der Waals surface area (Å²) in [4.78, 5) is 0. The van der Waals surface area contributed by atoms with Crippen molar-refractivity contribution in [3.63, 3.8) is 0 Å². The summed E-state index contributed by atoms with van der Waals surface area (Å²) < 4.78 is 17.0. The maximum absolute atomic E-state index is 11.6. The Hall–Kier alpha value is -0.400. The van der Waals surface area contributed by atoms with E-state index in [1.54, 1.807) is 0 Å². The molecule has 7 N–H and O–H groups in total. The second kappa shape index (κ2) is 15.7. The summed E-state index contributed by atoms with van der Waals surface area (Å²) in [5, 5.41) is 73.9. The fourth-order valence-corrected chi connectivity index (χ4v) is 4.41. The highest BCUT2D eigenvalue weighted by atomic mass is 16.7. The first kappa shape index (κ1) is 31.6. The van der Waals surface area contributed by atoms with Crippen LogP contribution in [0.5, 0.6) is 0 Å². The van der Waals surface area contributed by atoms with Gasteiger partial charge in [-0.25, -0.2) is 0 Å². The molecule has 0 aromatic carbocycles. The average Bonchev–Trinajstić information content (AvgIpc) is 2.81. The van der Waals surface area contributed by atoms with Gasteiger partial charge in [0.2, 0.25) is 5.79 Å². The van der Waals surface area contributed by atoms with Gasteiger partial charge in [-0.05, 0) is 19.8 Å². The zero-order valence-electron chi connectivity index (χ0n) is 21.0. The van der Waals surface area contributed by atoms with Gasteiger partial charge in [0.05, 0.1) is 25.4 Å². The van der Waals surface area contributed by atoms with Gasteiger partial charge in [0.1, 0.15) is 24.4 Å². The van der Waals surface area contributed by atoms with E-state index in [0.29, 0.717) is 13.0 Å². The Morgan fingerprint density at radius 2 is 1.53 bits per heavy atom. The molecule has 1 aliphatic rings. The molecule has 0 saturated carbocycles. The van der Waals surface area contributed by atoms with E-state index in [9.17, 15) is 35.7 Å². The summed E-state index contributed by atoms with van der Waals surface area (Å²) in [6.07, 6.45) is -2.67. The van der Waals surface area contributed by atoms with Crippen LogP contribution >= 0.6 is 0 Å². The summed E-state index contributed by atoms with van der Waals surface area (Å²) in [7, 11) is 0. The number of aliphatic hydroxyl groups excluding tert-OH is 6. The van der Waals surface area contributed by atoms with Crippen LogP contribution in [0.1, 0.15) is 78.6 Å². The minimum absolute atomic E-state index is 0.0846. The topological polar surface area (TPSA) is 169 Å². The second-order valence-electron chi connectivity index (χ2n) is 9.43. The van der Waals surface area contributed by atoms with Gasteiger partial charge >= 0.3 is 0 Å². The number of ether oxygens (including phenoxy) is 3. The van der Waals surface area contributed by atoms with Crippen molar-refractivity contribution in [2.24, 2.45) is 0 Å². The van der Waals surface area contributed by atoms with E-state index in [4.69, 9.17) is 14.2 Å². The van der Waals surface area contributed by atoms with Crippen LogP contribution in [-0.2, 0) is 14.2 Å². The molecule has 1 heterocycles. The number of rotatable bonds is 18. The van der Waals surface area contributed by atoms with Crippen molar-refractivity contribution in [2.75, 3.05) is 26.4 Å². The highest BCUT2D eigenvalue weighted by Crippen LogP contribution is 2.43. The Morgan fingerprint density at radius 1 is 0.912 bits per heavy atom.